The Morgan fingerprint density at radius 1 is 1.53 bits per heavy atom. The molecule has 1 aliphatic rings. The third-order valence-electron chi connectivity index (χ3n) is 2.99. The van der Waals surface area contributed by atoms with Crippen LogP contribution in [0.25, 0.3) is 0 Å². The largest absolute Gasteiger partial charge is 0.393 e. The van der Waals surface area contributed by atoms with Crippen LogP contribution in [0.15, 0.2) is 0 Å². The highest BCUT2D eigenvalue weighted by atomic mass is 35.5. The lowest BCUT2D eigenvalue weighted by atomic mass is 9.96. The summed E-state index contributed by atoms with van der Waals surface area (Å²) in [5.41, 5.74) is 0. The molecule has 1 amide bonds. The van der Waals surface area contributed by atoms with Crippen molar-refractivity contribution >= 4 is 17.5 Å². The summed E-state index contributed by atoms with van der Waals surface area (Å²) in [7, 11) is 0. The molecule has 15 heavy (non-hydrogen) atoms. The number of alkyl halides is 1. The minimum absolute atomic E-state index is 0.204. The van der Waals surface area contributed by atoms with E-state index in [1.165, 1.54) is 0 Å². The van der Waals surface area contributed by atoms with Crippen molar-refractivity contribution in [2.75, 3.05) is 19.0 Å². The summed E-state index contributed by atoms with van der Waals surface area (Å²) in [5.74, 6) is 1.04. The van der Waals surface area contributed by atoms with Crippen molar-refractivity contribution in [3.8, 4) is 0 Å². The van der Waals surface area contributed by atoms with Crippen LogP contribution in [0.4, 0.5) is 0 Å². The second kappa shape index (κ2) is 6.33. The van der Waals surface area contributed by atoms with E-state index in [9.17, 15) is 9.90 Å². The van der Waals surface area contributed by atoms with Crippen LogP contribution in [-0.2, 0) is 4.79 Å². The Labute approximate surface area is 96.4 Å². The predicted molar refractivity (Wildman–Crippen MR) is 60.9 cm³/mol. The topological polar surface area (TPSA) is 40.5 Å². The highest BCUT2D eigenvalue weighted by Gasteiger charge is 2.26. The Balaban J connectivity index is 2.28. The van der Waals surface area contributed by atoms with Crippen LogP contribution in [0.5, 0.6) is 0 Å². The Morgan fingerprint density at radius 2 is 2.27 bits per heavy atom. The van der Waals surface area contributed by atoms with E-state index in [1.54, 1.807) is 0 Å². The van der Waals surface area contributed by atoms with Crippen molar-refractivity contribution in [2.24, 2.45) is 5.92 Å². The van der Waals surface area contributed by atoms with Gasteiger partial charge in [-0.2, -0.15) is 0 Å². The second-order valence-corrected chi connectivity index (χ2v) is 4.70. The van der Waals surface area contributed by atoms with Gasteiger partial charge in [-0.05, 0) is 25.2 Å². The summed E-state index contributed by atoms with van der Waals surface area (Å²) in [5, 5.41) is 9.54. The minimum atomic E-state index is -0.239. The Bertz CT molecular complexity index is 211. The maximum absolute atomic E-state index is 11.7. The van der Waals surface area contributed by atoms with Gasteiger partial charge in [0.15, 0.2) is 0 Å². The number of carbonyl (C=O) groups excluding carboxylic acids is 1. The Morgan fingerprint density at radius 3 is 2.87 bits per heavy atom. The van der Waals surface area contributed by atoms with E-state index in [2.05, 4.69) is 0 Å². The van der Waals surface area contributed by atoms with Crippen LogP contribution in [0.1, 0.15) is 32.6 Å². The molecule has 1 saturated heterocycles. The normalized spacial score (nSPS) is 26.7. The van der Waals surface area contributed by atoms with Gasteiger partial charge in [-0.1, -0.05) is 6.92 Å². The van der Waals surface area contributed by atoms with E-state index in [-0.39, 0.29) is 17.9 Å². The molecule has 0 aromatic heterocycles. The van der Waals surface area contributed by atoms with Gasteiger partial charge < -0.3 is 10.0 Å². The highest BCUT2D eigenvalue weighted by Crippen LogP contribution is 2.17. The summed E-state index contributed by atoms with van der Waals surface area (Å²) >= 11 is 5.56. The van der Waals surface area contributed by atoms with Crippen LogP contribution >= 0.6 is 11.6 Å². The van der Waals surface area contributed by atoms with Gasteiger partial charge in [-0.25, -0.2) is 0 Å². The van der Waals surface area contributed by atoms with Crippen molar-refractivity contribution in [3.05, 3.63) is 0 Å². The summed E-state index contributed by atoms with van der Waals surface area (Å²) in [6, 6.07) is 0. The van der Waals surface area contributed by atoms with Crippen LogP contribution < -0.4 is 0 Å². The maximum atomic E-state index is 11.7. The molecule has 2 atom stereocenters. The molecule has 0 bridgehead atoms. The van der Waals surface area contributed by atoms with Gasteiger partial charge in [0, 0.05) is 25.4 Å². The Hall–Kier alpha value is -0.280. The second-order valence-electron chi connectivity index (χ2n) is 4.32. The van der Waals surface area contributed by atoms with Gasteiger partial charge >= 0.3 is 0 Å². The monoisotopic (exact) mass is 233 g/mol. The van der Waals surface area contributed by atoms with E-state index in [1.807, 2.05) is 11.8 Å². The fraction of sp³-hybridized carbons (Fsp3) is 0.909. The molecule has 88 valence electrons. The first-order chi connectivity index (χ1) is 7.15. The number of hydrogen-bond acceptors (Lipinski definition) is 2. The number of aliphatic hydroxyl groups is 1. The van der Waals surface area contributed by atoms with Crippen LogP contribution in [0, 0.1) is 5.92 Å². The number of carbonyl (C=O) groups is 1. The number of unbranched alkanes of at least 4 members (excludes halogenated alkanes) is 1. The van der Waals surface area contributed by atoms with Gasteiger partial charge in [0.25, 0.3) is 0 Å². The van der Waals surface area contributed by atoms with E-state index in [4.69, 9.17) is 11.6 Å². The van der Waals surface area contributed by atoms with Crippen molar-refractivity contribution in [3.63, 3.8) is 0 Å². The quantitative estimate of drug-likeness (QED) is 0.592. The van der Waals surface area contributed by atoms with E-state index >= 15 is 0 Å². The van der Waals surface area contributed by atoms with Crippen molar-refractivity contribution in [1.29, 1.82) is 0 Å². The number of rotatable bonds is 4. The van der Waals surface area contributed by atoms with Gasteiger partial charge in [0.1, 0.15) is 0 Å². The molecule has 0 aromatic rings. The molecular weight excluding hydrogens is 214 g/mol. The molecule has 0 aromatic carbocycles. The number of amides is 1. The maximum Gasteiger partial charge on any atom is 0.222 e. The fourth-order valence-corrected chi connectivity index (χ4v) is 2.08. The molecule has 0 spiro atoms. The van der Waals surface area contributed by atoms with E-state index in [0.717, 1.165) is 12.8 Å². The van der Waals surface area contributed by atoms with E-state index < -0.39 is 0 Å². The molecule has 4 heteroatoms. The lowest BCUT2D eigenvalue weighted by molar-refractivity contribution is -0.134. The summed E-state index contributed by atoms with van der Waals surface area (Å²) in [6.45, 7) is 3.38. The average molecular weight is 234 g/mol. The number of nitrogens with zero attached hydrogens (tertiary/aromatic N) is 1. The summed E-state index contributed by atoms with van der Waals surface area (Å²) in [4.78, 5) is 13.6. The zero-order valence-electron chi connectivity index (χ0n) is 9.29. The first-order valence-corrected chi connectivity index (χ1v) is 6.20. The fourth-order valence-electron chi connectivity index (χ4n) is 1.89. The van der Waals surface area contributed by atoms with Crippen LogP contribution in [0.3, 0.4) is 0 Å². The van der Waals surface area contributed by atoms with Crippen molar-refractivity contribution < 1.29 is 9.90 Å². The zero-order valence-corrected chi connectivity index (χ0v) is 10.0. The first kappa shape index (κ1) is 12.8. The van der Waals surface area contributed by atoms with Gasteiger partial charge in [-0.3, -0.25) is 4.79 Å². The molecule has 1 aliphatic heterocycles. The van der Waals surface area contributed by atoms with E-state index in [0.29, 0.717) is 31.8 Å². The highest BCUT2D eigenvalue weighted by molar-refractivity contribution is 6.17. The molecule has 2 unspecified atom stereocenters. The van der Waals surface area contributed by atoms with Gasteiger partial charge in [0.2, 0.25) is 5.91 Å². The SMILES string of the molecule is CC1CN(C(=O)CCCCCl)CCC1O. The number of likely N-dealkylation sites (tertiary alicyclic amines) is 1. The molecule has 3 nitrogen and oxygen atoms in total. The third kappa shape index (κ3) is 3.99. The number of hydrogen-bond donors (Lipinski definition) is 1. The van der Waals surface area contributed by atoms with Gasteiger partial charge in [0.05, 0.1) is 6.10 Å². The lowest BCUT2D eigenvalue weighted by Crippen LogP contribution is -2.44. The predicted octanol–water partition coefficient (Wildman–Crippen LogP) is 1.62. The standard InChI is InChI=1S/C11H20ClNO2/c1-9-8-13(7-5-10(9)14)11(15)4-2-3-6-12/h9-10,14H,2-8H2,1H3. The van der Waals surface area contributed by atoms with Crippen molar-refractivity contribution in [2.45, 2.75) is 38.7 Å². The molecule has 0 saturated carbocycles. The average Bonchev–Trinajstić information content (AvgIpc) is 2.22. The summed E-state index contributed by atoms with van der Waals surface area (Å²) in [6.07, 6.45) is 2.84. The zero-order chi connectivity index (χ0) is 11.3. The number of aliphatic hydroxyl groups excluding tert-OH is 1. The number of piperidine rings is 1. The van der Waals surface area contributed by atoms with Crippen LogP contribution in [0.2, 0.25) is 0 Å². The van der Waals surface area contributed by atoms with Crippen molar-refractivity contribution in [1.82, 2.24) is 4.90 Å². The molecule has 1 heterocycles. The molecular formula is C11H20ClNO2. The third-order valence-corrected chi connectivity index (χ3v) is 3.25. The molecule has 0 radical (unpaired) electrons. The lowest BCUT2D eigenvalue weighted by Gasteiger charge is -2.34. The van der Waals surface area contributed by atoms with Gasteiger partial charge in [-0.15, -0.1) is 11.6 Å². The molecule has 0 aliphatic carbocycles. The molecule has 1 rings (SSSR count). The first-order valence-electron chi connectivity index (χ1n) is 5.67. The smallest absolute Gasteiger partial charge is 0.222 e. The minimum Gasteiger partial charge on any atom is -0.393 e. The van der Waals surface area contributed by atoms with Crippen LogP contribution in [-0.4, -0.2) is 41.0 Å². The summed E-state index contributed by atoms with van der Waals surface area (Å²) < 4.78 is 0. The molecule has 1 fully saturated rings. The Kier molecular flexibility index (Phi) is 5.40. The number of halogens is 1. The molecule has 1 N–H and O–H groups in total.